The molecule has 0 amide bonds. The van der Waals surface area contributed by atoms with Crippen molar-refractivity contribution in [3.8, 4) is 17.2 Å². The van der Waals surface area contributed by atoms with Gasteiger partial charge in [-0.1, -0.05) is 0 Å². The standard InChI is InChI=1S/C11H15F2NO3/c1-15-6-4-7(16-2)9(8(5-6)17-3)10(14)11(12)13/h4-5,10-11H,14H2,1-3H3/t10-/m0/s1. The number of rotatable bonds is 5. The lowest BCUT2D eigenvalue weighted by Gasteiger charge is -2.19. The van der Waals surface area contributed by atoms with Crippen LogP contribution in [0.5, 0.6) is 17.2 Å². The van der Waals surface area contributed by atoms with E-state index in [4.69, 9.17) is 19.9 Å². The van der Waals surface area contributed by atoms with E-state index in [0.29, 0.717) is 5.75 Å². The van der Waals surface area contributed by atoms with Gasteiger partial charge in [-0.15, -0.1) is 0 Å². The molecule has 6 heteroatoms. The monoisotopic (exact) mass is 247 g/mol. The highest BCUT2D eigenvalue weighted by Crippen LogP contribution is 2.39. The Balaban J connectivity index is 3.34. The van der Waals surface area contributed by atoms with Crippen molar-refractivity contribution in [1.82, 2.24) is 0 Å². The van der Waals surface area contributed by atoms with Crippen LogP contribution in [-0.2, 0) is 0 Å². The second kappa shape index (κ2) is 5.67. The van der Waals surface area contributed by atoms with E-state index in [2.05, 4.69) is 0 Å². The second-order valence-electron chi connectivity index (χ2n) is 3.31. The summed E-state index contributed by atoms with van der Waals surface area (Å²) in [4.78, 5) is 0. The van der Waals surface area contributed by atoms with Crippen LogP contribution < -0.4 is 19.9 Å². The number of halogens is 2. The van der Waals surface area contributed by atoms with Crippen LogP contribution in [0.15, 0.2) is 12.1 Å². The molecule has 0 heterocycles. The second-order valence-corrected chi connectivity index (χ2v) is 3.31. The van der Waals surface area contributed by atoms with Gasteiger partial charge in [0.15, 0.2) is 0 Å². The lowest BCUT2D eigenvalue weighted by molar-refractivity contribution is 0.113. The van der Waals surface area contributed by atoms with E-state index in [9.17, 15) is 8.78 Å². The molecule has 0 fully saturated rings. The topological polar surface area (TPSA) is 53.7 Å². The molecule has 1 aromatic rings. The van der Waals surface area contributed by atoms with E-state index < -0.39 is 12.5 Å². The van der Waals surface area contributed by atoms with Crippen molar-refractivity contribution in [1.29, 1.82) is 0 Å². The molecule has 0 aliphatic heterocycles. The summed E-state index contributed by atoms with van der Waals surface area (Å²) in [7, 11) is 4.20. The third-order valence-corrected chi connectivity index (χ3v) is 2.36. The van der Waals surface area contributed by atoms with Gasteiger partial charge in [0, 0.05) is 12.1 Å². The minimum absolute atomic E-state index is 0.130. The molecule has 0 aliphatic carbocycles. The van der Waals surface area contributed by atoms with Crippen LogP contribution in [0.4, 0.5) is 8.78 Å². The molecule has 1 rings (SSSR count). The van der Waals surface area contributed by atoms with Gasteiger partial charge in [0.05, 0.1) is 32.9 Å². The zero-order chi connectivity index (χ0) is 13.0. The molecule has 96 valence electrons. The van der Waals surface area contributed by atoms with Gasteiger partial charge < -0.3 is 19.9 Å². The maximum atomic E-state index is 12.7. The highest BCUT2D eigenvalue weighted by Gasteiger charge is 2.26. The normalized spacial score (nSPS) is 12.4. The highest BCUT2D eigenvalue weighted by molar-refractivity contribution is 5.52. The average molecular weight is 247 g/mol. The summed E-state index contributed by atoms with van der Waals surface area (Å²) >= 11 is 0. The van der Waals surface area contributed by atoms with Gasteiger partial charge in [-0.05, 0) is 0 Å². The Bertz CT molecular complexity index is 360. The van der Waals surface area contributed by atoms with E-state index in [1.54, 1.807) is 0 Å². The fourth-order valence-corrected chi connectivity index (χ4v) is 1.49. The van der Waals surface area contributed by atoms with E-state index in [1.165, 1.54) is 33.5 Å². The molecule has 1 aromatic carbocycles. The zero-order valence-electron chi connectivity index (χ0n) is 9.87. The summed E-state index contributed by atoms with van der Waals surface area (Å²) in [6.07, 6.45) is -2.70. The first-order valence-electron chi connectivity index (χ1n) is 4.88. The van der Waals surface area contributed by atoms with Crippen molar-refractivity contribution in [2.75, 3.05) is 21.3 Å². The number of alkyl halides is 2. The van der Waals surface area contributed by atoms with Crippen molar-refractivity contribution in [2.24, 2.45) is 5.73 Å². The first-order chi connectivity index (χ1) is 8.04. The number of methoxy groups -OCH3 is 3. The zero-order valence-corrected chi connectivity index (χ0v) is 9.87. The fourth-order valence-electron chi connectivity index (χ4n) is 1.49. The predicted molar refractivity (Wildman–Crippen MR) is 59.0 cm³/mol. The Kier molecular flexibility index (Phi) is 4.51. The quantitative estimate of drug-likeness (QED) is 0.864. The molecule has 2 N–H and O–H groups in total. The van der Waals surface area contributed by atoms with Crippen LogP contribution in [-0.4, -0.2) is 27.8 Å². The van der Waals surface area contributed by atoms with Gasteiger partial charge in [-0.3, -0.25) is 0 Å². The fraction of sp³-hybridized carbons (Fsp3) is 0.455. The van der Waals surface area contributed by atoms with Gasteiger partial charge in [0.25, 0.3) is 6.43 Å². The van der Waals surface area contributed by atoms with Crippen LogP contribution in [0, 0.1) is 0 Å². The predicted octanol–water partition coefficient (Wildman–Crippen LogP) is 1.98. The number of benzene rings is 1. The van der Waals surface area contributed by atoms with E-state index >= 15 is 0 Å². The molecule has 0 bridgehead atoms. The molecule has 0 saturated heterocycles. The van der Waals surface area contributed by atoms with Gasteiger partial charge in [0.1, 0.15) is 17.2 Å². The van der Waals surface area contributed by atoms with Crippen molar-refractivity contribution in [2.45, 2.75) is 12.5 Å². The molecular weight excluding hydrogens is 232 g/mol. The van der Waals surface area contributed by atoms with Crippen LogP contribution in [0.25, 0.3) is 0 Å². The Morgan fingerprint density at radius 3 is 1.76 bits per heavy atom. The molecule has 1 atom stereocenters. The summed E-state index contributed by atoms with van der Waals surface area (Å²) < 4.78 is 40.4. The molecule has 0 aliphatic rings. The van der Waals surface area contributed by atoms with Crippen molar-refractivity contribution in [3.63, 3.8) is 0 Å². The molecule has 17 heavy (non-hydrogen) atoms. The van der Waals surface area contributed by atoms with Crippen LogP contribution >= 0.6 is 0 Å². The van der Waals surface area contributed by atoms with Gasteiger partial charge in [-0.2, -0.15) is 0 Å². The number of hydrogen-bond donors (Lipinski definition) is 1. The lowest BCUT2D eigenvalue weighted by atomic mass is 10.0. The smallest absolute Gasteiger partial charge is 0.257 e. The third-order valence-electron chi connectivity index (χ3n) is 2.36. The molecule has 0 unspecified atom stereocenters. The maximum Gasteiger partial charge on any atom is 0.257 e. The summed E-state index contributed by atoms with van der Waals surface area (Å²) in [5, 5.41) is 0. The third kappa shape index (κ3) is 2.76. The minimum Gasteiger partial charge on any atom is -0.496 e. The largest absolute Gasteiger partial charge is 0.496 e. The maximum absolute atomic E-state index is 12.7. The summed E-state index contributed by atoms with van der Waals surface area (Å²) in [5.41, 5.74) is 5.56. The van der Waals surface area contributed by atoms with Gasteiger partial charge in [-0.25, -0.2) is 8.78 Å². The van der Waals surface area contributed by atoms with Crippen LogP contribution in [0.1, 0.15) is 11.6 Å². The first kappa shape index (κ1) is 13.5. The molecule has 0 radical (unpaired) electrons. The molecular formula is C11H15F2NO3. The SMILES string of the molecule is COc1cc(OC)c([C@H](N)C(F)F)c(OC)c1. The molecule has 0 saturated carbocycles. The van der Waals surface area contributed by atoms with Gasteiger partial charge in [0.2, 0.25) is 0 Å². The Morgan fingerprint density at radius 1 is 1.00 bits per heavy atom. The lowest BCUT2D eigenvalue weighted by Crippen LogP contribution is -2.20. The molecule has 4 nitrogen and oxygen atoms in total. The number of nitrogens with two attached hydrogens (primary N) is 1. The van der Waals surface area contributed by atoms with Crippen LogP contribution in [0.2, 0.25) is 0 Å². The first-order valence-corrected chi connectivity index (χ1v) is 4.88. The number of hydrogen-bond acceptors (Lipinski definition) is 4. The summed E-state index contributed by atoms with van der Waals surface area (Å²) in [6, 6.07) is 1.51. The van der Waals surface area contributed by atoms with E-state index in [-0.39, 0.29) is 17.1 Å². The van der Waals surface area contributed by atoms with Crippen molar-refractivity contribution >= 4 is 0 Å². The van der Waals surface area contributed by atoms with Crippen molar-refractivity contribution < 1.29 is 23.0 Å². The van der Waals surface area contributed by atoms with E-state index in [1.807, 2.05) is 0 Å². The number of ether oxygens (including phenoxy) is 3. The van der Waals surface area contributed by atoms with E-state index in [0.717, 1.165) is 0 Å². The minimum atomic E-state index is -2.70. The molecule has 0 aromatic heterocycles. The summed E-state index contributed by atoms with van der Waals surface area (Å²) in [5.74, 6) is 0.881. The van der Waals surface area contributed by atoms with Crippen molar-refractivity contribution in [3.05, 3.63) is 17.7 Å². The molecule has 0 spiro atoms. The highest BCUT2D eigenvalue weighted by atomic mass is 19.3. The average Bonchev–Trinajstić information content (AvgIpc) is 2.35. The Morgan fingerprint density at radius 2 is 1.47 bits per heavy atom. The summed E-state index contributed by atoms with van der Waals surface area (Å²) in [6.45, 7) is 0. The van der Waals surface area contributed by atoms with Crippen LogP contribution in [0.3, 0.4) is 0 Å². The van der Waals surface area contributed by atoms with Gasteiger partial charge >= 0.3 is 0 Å². The Hall–Kier alpha value is -1.56. The Labute approximate surface area is 98.3 Å².